The fraction of sp³-hybridized carbons (Fsp3) is 0.875. The summed E-state index contributed by atoms with van der Waals surface area (Å²) in [5.41, 5.74) is 0. The van der Waals surface area contributed by atoms with Crippen LogP contribution in [0.5, 0.6) is 0 Å². The largest absolute Gasteiger partial charge is 0.480 e. The summed E-state index contributed by atoms with van der Waals surface area (Å²) in [7, 11) is 1.39. The summed E-state index contributed by atoms with van der Waals surface area (Å²) in [5, 5.41) is 12.6. The summed E-state index contributed by atoms with van der Waals surface area (Å²) in [6.45, 7) is 2.11. The van der Waals surface area contributed by atoms with Gasteiger partial charge in [-0.15, -0.1) is 0 Å². The number of nitrogens with one attached hydrogen (secondary N) is 1. The lowest BCUT2D eigenvalue weighted by molar-refractivity contribution is -0.149. The average molecular weight is 312 g/mol. The van der Waals surface area contributed by atoms with Crippen LogP contribution >= 0.6 is 0 Å². The molecule has 1 aliphatic carbocycles. The van der Waals surface area contributed by atoms with Gasteiger partial charge in [0.1, 0.15) is 0 Å². The van der Waals surface area contributed by atoms with E-state index in [0.717, 1.165) is 18.9 Å². The van der Waals surface area contributed by atoms with E-state index in [1.807, 2.05) is 4.90 Å². The summed E-state index contributed by atoms with van der Waals surface area (Å²) in [6, 6.07) is 0.166. The Hall–Kier alpha value is -1.14. The lowest BCUT2D eigenvalue weighted by Gasteiger charge is -2.37. The fourth-order valence-corrected chi connectivity index (χ4v) is 3.72. The molecule has 2 N–H and O–H groups in total. The number of piperidine rings is 1. The number of hydrogen-bond acceptors (Lipinski definition) is 5. The first-order valence-corrected chi connectivity index (χ1v) is 8.34. The molecule has 2 rings (SSSR count). The van der Waals surface area contributed by atoms with Crippen molar-refractivity contribution in [3.63, 3.8) is 0 Å². The molecular formula is C16H28N2O4. The van der Waals surface area contributed by atoms with Gasteiger partial charge >= 0.3 is 11.9 Å². The van der Waals surface area contributed by atoms with Gasteiger partial charge in [0.05, 0.1) is 19.6 Å². The summed E-state index contributed by atoms with van der Waals surface area (Å²) in [5.74, 6) is -0.599. The summed E-state index contributed by atoms with van der Waals surface area (Å²) < 4.78 is 4.84. The maximum atomic E-state index is 11.8. The molecule has 2 aliphatic rings. The van der Waals surface area contributed by atoms with Gasteiger partial charge < -0.3 is 15.2 Å². The van der Waals surface area contributed by atoms with Gasteiger partial charge in [0.15, 0.2) is 0 Å². The van der Waals surface area contributed by atoms with E-state index < -0.39 is 5.97 Å². The zero-order valence-corrected chi connectivity index (χ0v) is 13.4. The van der Waals surface area contributed by atoms with Crippen molar-refractivity contribution < 1.29 is 19.4 Å². The van der Waals surface area contributed by atoms with Gasteiger partial charge in [0, 0.05) is 19.1 Å². The number of aliphatic carboxylic acids is 1. The smallest absolute Gasteiger partial charge is 0.317 e. The highest BCUT2D eigenvalue weighted by Gasteiger charge is 2.33. The monoisotopic (exact) mass is 312 g/mol. The summed E-state index contributed by atoms with van der Waals surface area (Å²) in [6.07, 6.45) is 7.25. The van der Waals surface area contributed by atoms with Crippen molar-refractivity contribution >= 4 is 11.9 Å². The Bertz CT molecular complexity index is 382. The molecule has 0 amide bonds. The molecule has 6 heteroatoms. The van der Waals surface area contributed by atoms with Crippen LogP contribution in [0.4, 0.5) is 0 Å². The number of carboxylic acids is 1. The van der Waals surface area contributed by atoms with Crippen LogP contribution in [0.1, 0.15) is 38.5 Å². The van der Waals surface area contributed by atoms with E-state index in [4.69, 9.17) is 9.84 Å². The Balaban J connectivity index is 1.86. The van der Waals surface area contributed by atoms with Crippen LogP contribution in [0.25, 0.3) is 0 Å². The molecule has 0 radical (unpaired) electrons. The summed E-state index contributed by atoms with van der Waals surface area (Å²) in [4.78, 5) is 24.6. The van der Waals surface area contributed by atoms with Gasteiger partial charge in [-0.2, -0.15) is 0 Å². The van der Waals surface area contributed by atoms with Crippen LogP contribution in [0, 0.1) is 11.8 Å². The molecule has 2 fully saturated rings. The van der Waals surface area contributed by atoms with Crippen LogP contribution in [0.3, 0.4) is 0 Å². The molecule has 0 spiro atoms. The number of carbonyl (C=O) groups excluding carboxylic acids is 1. The molecule has 1 saturated carbocycles. The highest BCUT2D eigenvalue weighted by molar-refractivity contribution is 5.73. The normalized spacial score (nSPS) is 27.5. The number of methoxy groups -OCH3 is 1. The number of nitrogens with zero attached hydrogens (tertiary/aromatic N) is 1. The minimum atomic E-state index is -0.850. The molecule has 0 aromatic carbocycles. The SMILES string of the molecule is COC(=O)C1CC(NCC2CCCCC2)CN(CC(=O)O)C1. The zero-order chi connectivity index (χ0) is 15.9. The number of esters is 1. The first-order chi connectivity index (χ1) is 10.6. The molecule has 0 aromatic heterocycles. The molecule has 6 nitrogen and oxygen atoms in total. The van der Waals surface area contributed by atoms with Gasteiger partial charge in [-0.3, -0.25) is 14.5 Å². The molecule has 0 aromatic rings. The Morgan fingerprint density at radius 3 is 2.59 bits per heavy atom. The van der Waals surface area contributed by atoms with Gasteiger partial charge in [-0.1, -0.05) is 19.3 Å². The van der Waals surface area contributed by atoms with Gasteiger partial charge in [0.2, 0.25) is 0 Å². The van der Waals surface area contributed by atoms with E-state index in [2.05, 4.69) is 5.32 Å². The maximum absolute atomic E-state index is 11.8. The number of carbonyl (C=O) groups is 2. The van der Waals surface area contributed by atoms with Crippen molar-refractivity contribution in [2.45, 2.75) is 44.6 Å². The first kappa shape index (κ1) is 17.2. The van der Waals surface area contributed by atoms with Crippen molar-refractivity contribution in [1.29, 1.82) is 0 Å². The highest BCUT2D eigenvalue weighted by atomic mass is 16.5. The van der Waals surface area contributed by atoms with E-state index in [1.54, 1.807) is 0 Å². The van der Waals surface area contributed by atoms with E-state index in [0.29, 0.717) is 13.1 Å². The topological polar surface area (TPSA) is 78.9 Å². The van der Waals surface area contributed by atoms with E-state index >= 15 is 0 Å². The molecular weight excluding hydrogens is 284 g/mol. The van der Waals surface area contributed by atoms with E-state index in [1.165, 1.54) is 39.2 Å². The Morgan fingerprint density at radius 1 is 1.23 bits per heavy atom. The van der Waals surface area contributed by atoms with Crippen molar-refractivity contribution in [2.24, 2.45) is 11.8 Å². The molecule has 2 atom stereocenters. The average Bonchev–Trinajstić information content (AvgIpc) is 2.52. The Morgan fingerprint density at radius 2 is 1.95 bits per heavy atom. The second kappa shape index (κ2) is 8.48. The second-order valence-electron chi connectivity index (χ2n) is 6.65. The minimum absolute atomic E-state index is 0.0187. The van der Waals surface area contributed by atoms with Crippen LogP contribution in [-0.4, -0.2) is 61.3 Å². The maximum Gasteiger partial charge on any atom is 0.317 e. The molecule has 2 unspecified atom stereocenters. The molecule has 1 heterocycles. The van der Waals surface area contributed by atoms with E-state index in [9.17, 15) is 9.59 Å². The third-order valence-corrected chi connectivity index (χ3v) is 4.84. The van der Waals surface area contributed by atoms with Crippen molar-refractivity contribution in [3.05, 3.63) is 0 Å². The zero-order valence-electron chi connectivity index (χ0n) is 13.4. The van der Waals surface area contributed by atoms with Gasteiger partial charge in [-0.25, -0.2) is 0 Å². The number of ether oxygens (including phenoxy) is 1. The van der Waals surface area contributed by atoms with Crippen LogP contribution < -0.4 is 5.32 Å². The predicted molar refractivity (Wildman–Crippen MR) is 82.6 cm³/mol. The first-order valence-electron chi connectivity index (χ1n) is 8.34. The van der Waals surface area contributed by atoms with Crippen LogP contribution in [-0.2, 0) is 14.3 Å². The molecule has 1 saturated heterocycles. The number of hydrogen-bond donors (Lipinski definition) is 2. The standard InChI is InChI=1S/C16H28N2O4/c1-22-16(21)13-7-14(10-18(9-13)11-15(19)20)17-8-12-5-3-2-4-6-12/h12-14,17H,2-11H2,1H3,(H,19,20). The lowest BCUT2D eigenvalue weighted by atomic mass is 9.88. The van der Waals surface area contributed by atoms with Crippen molar-refractivity contribution in [3.8, 4) is 0 Å². The third-order valence-electron chi connectivity index (χ3n) is 4.84. The van der Waals surface area contributed by atoms with Gasteiger partial charge in [0.25, 0.3) is 0 Å². The number of rotatable bonds is 6. The second-order valence-corrected chi connectivity index (χ2v) is 6.65. The van der Waals surface area contributed by atoms with Gasteiger partial charge in [-0.05, 0) is 31.7 Å². The lowest BCUT2D eigenvalue weighted by Crippen LogP contribution is -2.53. The van der Waals surface area contributed by atoms with Crippen molar-refractivity contribution in [2.75, 3.05) is 33.3 Å². The quantitative estimate of drug-likeness (QED) is 0.715. The number of carboxylic acid groups (broad SMARTS) is 1. The molecule has 22 heavy (non-hydrogen) atoms. The highest BCUT2D eigenvalue weighted by Crippen LogP contribution is 2.24. The summed E-state index contributed by atoms with van der Waals surface area (Å²) >= 11 is 0. The Kier molecular flexibility index (Phi) is 6.64. The predicted octanol–water partition coefficient (Wildman–Crippen LogP) is 1.10. The molecule has 126 valence electrons. The Labute approximate surface area is 132 Å². The van der Waals surface area contributed by atoms with E-state index in [-0.39, 0.29) is 24.5 Å². The molecule has 1 aliphatic heterocycles. The number of likely N-dealkylation sites (tertiary alicyclic amines) is 1. The minimum Gasteiger partial charge on any atom is -0.480 e. The van der Waals surface area contributed by atoms with Crippen molar-refractivity contribution in [1.82, 2.24) is 10.2 Å². The third kappa shape index (κ3) is 5.25. The van der Waals surface area contributed by atoms with Crippen LogP contribution in [0.2, 0.25) is 0 Å². The fourth-order valence-electron chi connectivity index (χ4n) is 3.72. The molecule has 0 bridgehead atoms. The van der Waals surface area contributed by atoms with Crippen LogP contribution in [0.15, 0.2) is 0 Å².